The molecule has 0 saturated carbocycles. The van der Waals surface area contributed by atoms with Gasteiger partial charge < -0.3 is 15.4 Å². The maximum atomic E-state index is 5.12. The van der Waals surface area contributed by atoms with Gasteiger partial charge in [0.2, 0.25) is 0 Å². The molecule has 24 heavy (non-hydrogen) atoms. The first-order valence-corrected chi connectivity index (χ1v) is 10.1. The van der Waals surface area contributed by atoms with Gasteiger partial charge in [-0.15, -0.1) is 0 Å². The third kappa shape index (κ3) is 5.98. The Balaban J connectivity index is 1.86. The molecule has 2 heterocycles. The maximum Gasteiger partial charge on any atom is 0.191 e. The van der Waals surface area contributed by atoms with Gasteiger partial charge in [0.15, 0.2) is 11.8 Å². The summed E-state index contributed by atoms with van der Waals surface area (Å²) in [6.07, 6.45) is 6.48. The van der Waals surface area contributed by atoms with E-state index in [0.29, 0.717) is 12.6 Å². The van der Waals surface area contributed by atoms with Crippen molar-refractivity contribution in [2.24, 2.45) is 4.99 Å². The minimum atomic E-state index is 0.332. The van der Waals surface area contributed by atoms with Gasteiger partial charge in [0.25, 0.3) is 0 Å². The van der Waals surface area contributed by atoms with E-state index in [2.05, 4.69) is 38.9 Å². The highest BCUT2D eigenvalue weighted by Crippen LogP contribution is 2.13. The average Bonchev–Trinajstić information content (AvgIpc) is 2.97. The van der Waals surface area contributed by atoms with Crippen LogP contribution < -0.4 is 10.6 Å². The number of guanidine groups is 1. The monoisotopic (exact) mass is 354 g/mol. The van der Waals surface area contributed by atoms with Crippen LogP contribution in [-0.4, -0.2) is 59.0 Å². The molecular formula is C16H30N6OS. The van der Waals surface area contributed by atoms with Gasteiger partial charge in [0, 0.05) is 32.7 Å². The summed E-state index contributed by atoms with van der Waals surface area (Å²) in [5, 5.41) is 11.4. The van der Waals surface area contributed by atoms with E-state index in [9.17, 15) is 0 Å². The van der Waals surface area contributed by atoms with E-state index >= 15 is 0 Å². The number of rotatable bonds is 9. The topological polar surface area (TPSA) is 76.4 Å². The second kappa shape index (κ2) is 10.6. The summed E-state index contributed by atoms with van der Waals surface area (Å²) in [7, 11) is 1.67. The van der Waals surface area contributed by atoms with Crippen LogP contribution in [0.25, 0.3) is 0 Å². The summed E-state index contributed by atoms with van der Waals surface area (Å²) in [4.78, 5) is 9.21. The van der Waals surface area contributed by atoms with Crippen LogP contribution in [0.4, 0.5) is 0 Å². The van der Waals surface area contributed by atoms with Crippen LogP contribution in [0.15, 0.2) is 4.99 Å². The molecule has 1 aromatic heterocycles. The second-order valence-corrected chi connectivity index (χ2v) is 6.89. The van der Waals surface area contributed by atoms with Crippen molar-refractivity contribution in [3.05, 3.63) is 11.6 Å². The number of nitrogens with zero attached hydrogens (tertiary/aromatic N) is 4. The highest BCUT2D eigenvalue weighted by atomic mass is 32.2. The number of ether oxygens (including phenoxy) is 1. The molecule has 7 nitrogen and oxygen atoms in total. The Hall–Kier alpha value is -1.28. The summed E-state index contributed by atoms with van der Waals surface area (Å²) in [6.45, 7) is 5.13. The molecule has 0 spiro atoms. The Bertz CT molecular complexity index is 519. The first-order chi connectivity index (χ1) is 11.8. The number of fused-ring (bicyclic) bond motifs is 1. The molecule has 0 aliphatic carbocycles. The van der Waals surface area contributed by atoms with E-state index in [1.165, 1.54) is 12.2 Å². The van der Waals surface area contributed by atoms with Crippen LogP contribution >= 0.6 is 11.8 Å². The Morgan fingerprint density at radius 2 is 2.33 bits per heavy atom. The van der Waals surface area contributed by atoms with Crippen LogP contribution in [0, 0.1) is 0 Å². The number of aliphatic imine (C=N–C) groups is 1. The number of hydrogen-bond donors (Lipinski definition) is 2. The van der Waals surface area contributed by atoms with Gasteiger partial charge in [-0.1, -0.05) is 0 Å². The summed E-state index contributed by atoms with van der Waals surface area (Å²) in [5.74, 6) is 3.94. The molecule has 0 aromatic carbocycles. The molecule has 0 radical (unpaired) electrons. The lowest BCUT2D eigenvalue weighted by Gasteiger charge is -2.25. The van der Waals surface area contributed by atoms with Gasteiger partial charge in [-0.05, 0) is 38.2 Å². The number of hydrogen-bond acceptors (Lipinski definition) is 5. The number of unbranched alkanes of at least 4 members (excludes halogenated alkanes) is 1. The Kier molecular flexibility index (Phi) is 8.38. The fraction of sp³-hybridized carbons (Fsp3) is 0.812. The molecule has 1 aliphatic rings. The zero-order valence-corrected chi connectivity index (χ0v) is 15.9. The van der Waals surface area contributed by atoms with E-state index < -0.39 is 0 Å². The van der Waals surface area contributed by atoms with Crippen molar-refractivity contribution in [3.63, 3.8) is 0 Å². The molecule has 1 atom stereocenters. The van der Waals surface area contributed by atoms with E-state index in [1.807, 2.05) is 16.4 Å². The van der Waals surface area contributed by atoms with Crippen molar-refractivity contribution in [2.75, 3.05) is 32.2 Å². The van der Waals surface area contributed by atoms with Crippen LogP contribution in [0.5, 0.6) is 0 Å². The quantitative estimate of drug-likeness (QED) is 0.397. The number of nitrogens with one attached hydrogen (secondary N) is 2. The van der Waals surface area contributed by atoms with Crippen LogP contribution in [-0.2, 0) is 24.3 Å². The molecule has 2 rings (SSSR count). The van der Waals surface area contributed by atoms with Gasteiger partial charge >= 0.3 is 0 Å². The lowest BCUT2D eigenvalue weighted by Crippen LogP contribution is -2.47. The third-order valence-electron chi connectivity index (χ3n) is 3.89. The number of aromatic nitrogens is 3. The number of thioether (sulfide) groups is 1. The van der Waals surface area contributed by atoms with Gasteiger partial charge in [0.05, 0.1) is 6.54 Å². The molecular weight excluding hydrogens is 324 g/mol. The Morgan fingerprint density at radius 1 is 1.46 bits per heavy atom. The normalized spacial score (nSPS) is 17.6. The fourth-order valence-electron chi connectivity index (χ4n) is 2.73. The Morgan fingerprint density at radius 3 is 3.08 bits per heavy atom. The highest BCUT2D eigenvalue weighted by Gasteiger charge is 2.22. The minimum Gasteiger partial charge on any atom is -0.377 e. The van der Waals surface area contributed by atoms with Crippen molar-refractivity contribution in [3.8, 4) is 0 Å². The molecule has 8 heteroatoms. The number of aryl methyl sites for hydroxylation is 1. The third-order valence-corrected chi connectivity index (χ3v) is 4.58. The fourth-order valence-corrected chi connectivity index (χ4v) is 3.22. The van der Waals surface area contributed by atoms with Crippen LogP contribution in [0.3, 0.4) is 0 Å². The van der Waals surface area contributed by atoms with E-state index in [1.54, 1.807) is 7.11 Å². The van der Waals surface area contributed by atoms with Gasteiger partial charge in [-0.25, -0.2) is 9.67 Å². The molecule has 136 valence electrons. The maximum absolute atomic E-state index is 5.12. The predicted molar refractivity (Wildman–Crippen MR) is 99.6 cm³/mol. The summed E-state index contributed by atoms with van der Waals surface area (Å²) >= 11 is 1.89. The standard InChI is InChI=1S/C16H30N6OS/c1-4-17-16(18-9-5-6-10-24-3)19-13-7-8-15-20-14(12-23-2)21-22(15)11-13/h13H,4-12H2,1-3H3,(H2,17,18,19). The van der Waals surface area contributed by atoms with Crippen molar-refractivity contribution < 1.29 is 4.74 Å². The lowest BCUT2D eigenvalue weighted by atomic mass is 10.1. The first-order valence-electron chi connectivity index (χ1n) is 8.72. The van der Waals surface area contributed by atoms with E-state index in [0.717, 1.165) is 56.5 Å². The van der Waals surface area contributed by atoms with Gasteiger partial charge in [-0.2, -0.15) is 16.9 Å². The molecule has 1 aromatic rings. The van der Waals surface area contributed by atoms with Crippen LogP contribution in [0.1, 0.15) is 37.8 Å². The average molecular weight is 355 g/mol. The summed E-state index contributed by atoms with van der Waals surface area (Å²) in [5.41, 5.74) is 0. The van der Waals surface area contributed by atoms with Crippen molar-refractivity contribution in [1.82, 2.24) is 25.4 Å². The zero-order valence-electron chi connectivity index (χ0n) is 15.0. The van der Waals surface area contributed by atoms with Crippen molar-refractivity contribution in [1.29, 1.82) is 0 Å². The SMILES string of the molecule is CCNC(=NCCCCSC)NC1CCc2nc(COC)nn2C1. The van der Waals surface area contributed by atoms with E-state index in [4.69, 9.17) is 4.74 Å². The highest BCUT2D eigenvalue weighted by molar-refractivity contribution is 7.98. The summed E-state index contributed by atoms with van der Waals surface area (Å²) < 4.78 is 7.11. The largest absolute Gasteiger partial charge is 0.377 e. The van der Waals surface area contributed by atoms with E-state index in [-0.39, 0.29) is 0 Å². The Labute approximate surface area is 149 Å². The predicted octanol–water partition coefficient (Wildman–Crippen LogP) is 1.44. The van der Waals surface area contributed by atoms with Gasteiger partial charge in [-0.3, -0.25) is 4.99 Å². The molecule has 0 fully saturated rings. The van der Waals surface area contributed by atoms with Crippen molar-refractivity contribution in [2.45, 2.75) is 51.8 Å². The minimum absolute atomic E-state index is 0.332. The number of methoxy groups -OCH3 is 1. The van der Waals surface area contributed by atoms with Crippen LogP contribution in [0.2, 0.25) is 0 Å². The first kappa shape index (κ1) is 19.1. The summed E-state index contributed by atoms with van der Waals surface area (Å²) in [6, 6.07) is 0.332. The van der Waals surface area contributed by atoms with Gasteiger partial charge in [0.1, 0.15) is 12.4 Å². The molecule has 1 unspecified atom stereocenters. The molecule has 0 saturated heterocycles. The zero-order chi connectivity index (χ0) is 17.2. The van der Waals surface area contributed by atoms with Crippen molar-refractivity contribution >= 4 is 17.7 Å². The molecule has 0 bridgehead atoms. The molecule has 1 aliphatic heterocycles. The lowest BCUT2D eigenvalue weighted by molar-refractivity contribution is 0.177. The second-order valence-electron chi connectivity index (χ2n) is 5.90. The molecule has 0 amide bonds. The smallest absolute Gasteiger partial charge is 0.191 e. The molecule has 2 N–H and O–H groups in total.